The summed E-state index contributed by atoms with van der Waals surface area (Å²) in [6, 6.07) is 14.5. The van der Waals surface area contributed by atoms with Gasteiger partial charge in [0, 0.05) is 36.1 Å². The fraction of sp³-hybridized carbons (Fsp3) is 0.250. The zero-order valence-corrected chi connectivity index (χ0v) is 18.0. The van der Waals surface area contributed by atoms with E-state index < -0.39 is 11.8 Å². The summed E-state index contributed by atoms with van der Waals surface area (Å²) in [4.78, 5) is 34.9. The number of anilines is 1. The largest absolute Gasteiger partial charge is 0.372 e. The van der Waals surface area contributed by atoms with Crippen LogP contribution >= 0.6 is 0 Å². The fourth-order valence-electron chi connectivity index (χ4n) is 3.43. The number of carbonyl (C=O) groups excluding carboxylic acids is 3. The van der Waals surface area contributed by atoms with Crippen LogP contribution < -0.4 is 16.4 Å². The molecule has 166 valence electrons. The molecule has 0 unspecified atom stereocenters. The smallest absolute Gasteiger partial charge is 0.251 e. The van der Waals surface area contributed by atoms with Gasteiger partial charge in [0.25, 0.3) is 5.91 Å². The third kappa shape index (κ3) is 5.81. The van der Waals surface area contributed by atoms with Crippen molar-refractivity contribution in [1.29, 1.82) is 0 Å². The minimum absolute atomic E-state index is 0.0222. The number of Topliss-reactive ketones (excluding diaryl/α,β-unsaturated/α-hetero) is 1. The molecule has 0 bridgehead atoms. The molecule has 0 spiro atoms. The van der Waals surface area contributed by atoms with Crippen molar-refractivity contribution in [3.8, 4) is 5.69 Å². The van der Waals surface area contributed by atoms with Crippen LogP contribution in [0.1, 0.15) is 57.3 Å². The number of nitrogens with two attached hydrogens (primary N) is 2. The molecule has 1 saturated heterocycles. The molecule has 0 aliphatic carbocycles. The Morgan fingerprint density at radius 3 is 1.78 bits per heavy atom. The first-order valence-corrected chi connectivity index (χ1v) is 10.5. The van der Waals surface area contributed by atoms with E-state index in [0.717, 1.165) is 18.8 Å². The van der Waals surface area contributed by atoms with Gasteiger partial charge in [0.2, 0.25) is 5.91 Å². The predicted octanol–water partition coefficient (Wildman–Crippen LogP) is 2.95. The third-order valence-corrected chi connectivity index (χ3v) is 5.28. The van der Waals surface area contributed by atoms with Crippen molar-refractivity contribution < 1.29 is 14.4 Å². The van der Waals surface area contributed by atoms with Gasteiger partial charge < -0.3 is 16.4 Å². The van der Waals surface area contributed by atoms with E-state index in [0.29, 0.717) is 16.7 Å². The Bertz CT molecular complexity index is 1050. The highest BCUT2D eigenvalue weighted by molar-refractivity contribution is 5.97. The highest BCUT2D eigenvalue weighted by Crippen LogP contribution is 2.21. The Morgan fingerprint density at radius 2 is 1.28 bits per heavy atom. The quantitative estimate of drug-likeness (QED) is 0.599. The van der Waals surface area contributed by atoms with E-state index in [4.69, 9.17) is 11.5 Å². The molecule has 1 aliphatic rings. The van der Waals surface area contributed by atoms with Crippen molar-refractivity contribution in [2.24, 2.45) is 11.5 Å². The molecule has 0 saturated carbocycles. The number of hydrogen-bond donors (Lipinski definition) is 2. The molecule has 1 aromatic heterocycles. The Hall–Kier alpha value is -3.94. The van der Waals surface area contributed by atoms with Crippen LogP contribution in [0, 0.1) is 0 Å². The van der Waals surface area contributed by atoms with Crippen LogP contribution in [0.3, 0.4) is 0 Å². The van der Waals surface area contributed by atoms with Gasteiger partial charge >= 0.3 is 0 Å². The molecule has 1 fully saturated rings. The second-order valence-electron chi connectivity index (χ2n) is 7.60. The van der Waals surface area contributed by atoms with Gasteiger partial charge in [-0.2, -0.15) is 5.10 Å². The lowest BCUT2D eigenvalue weighted by Gasteiger charge is -2.28. The Labute approximate surface area is 186 Å². The zero-order chi connectivity index (χ0) is 23.1. The maximum atomic E-state index is 11.1. The molecule has 8 heteroatoms. The standard InChI is InChI=1S/C15H18N4O.C9H9NO2/c16-15(20)12-10-17-19(11-12)14-6-4-13(5-7-14)18-8-2-1-3-9-18;1-6(11)7-2-4-8(5-3-7)9(10)12/h4-7,10-11H,1-3,8-9H2,(H2,16,20);2-5H,1H3,(H2,10,12). The summed E-state index contributed by atoms with van der Waals surface area (Å²) in [7, 11) is 0. The number of benzene rings is 2. The van der Waals surface area contributed by atoms with Crippen LogP contribution in [-0.4, -0.2) is 40.5 Å². The highest BCUT2D eigenvalue weighted by atomic mass is 16.1. The van der Waals surface area contributed by atoms with Crippen LogP contribution in [0.2, 0.25) is 0 Å². The van der Waals surface area contributed by atoms with Crippen LogP contribution in [0.15, 0.2) is 60.9 Å². The second-order valence-corrected chi connectivity index (χ2v) is 7.60. The van der Waals surface area contributed by atoms with Crippen molar-refractivity contribution in [2.75, 3.05) is 18.0 Å². The van der Waals surface area contributed by atoms with Gasteiger partial charge in [0.15, 0.2) is 5.78 Å². The number of piperidine rings is 1. The first-order valence-electron chi connectivity index (χ1n) is 10.5. The van der Waals surface area contributed by atoms with Gasteiger partial charge in [-0.05, 0) is 62.6 Å². The van der Waals surface area contributed by atoms with Crippen molar-refractivity contribution in [1.82, 2.24) is 9.78 Å². The average Bonchev–Trinajstić information content (AvgIpc) is 3.31. The summed E-state index contributed by atoms with van der Waals surface area (Å²) < 4.78 is 1.67. The van der Waals surface area contributed by atoms with Gasteiger partial charge in [0.1, 0.15) is 0 Å². The van der Waals surface area contributed by atoms with E-state index in [1.54, 1.807) is 35.1 Å². The van der Waals surface area contributed by atoms with E-state index in [2.05, 4.69) is 22.1 Å². The van der Waals surface area contributed by atoms with Crippen LogP contribution in [-0.2, 0) is 0 Å². The molecular formula is C24H27N5O3. The molecule has 0 radical (unpaired) electrons. The fourth-order valence-corrected chi connectivity index (χ4v) is 3.43. The highest BCUT2D eigenvalue weighted by Gasteiger charge is 2.11. The second kappa shape index (κ2) is 10.4. The topological polar surface area (TPSA) is 124 Å². The average molecular weight is 434 g/mol. The molecule has 2 heterocycles. The summed E-state index contributed by atoms with van der Waals surface area (Å²) in [5.74, 6) is -0.961. The van der Waals surface area contributed by atoms with Crippen LogP contribution in [0.5, 0.6) is 0 Å². The SMILES string of the molecule is CC(=O)c1ccc(C(N)=O)cc1.NC(=O)c1cnn(-c2ccc(N3CCCCC3)cc2)c1. The molecule has 2 aromatic carbocycles. The van der Waals surface area contributed by atoms with Gasteiger partial charge in [-0.1, -0.05) is 12.1 Å². The molecule has 4 rings (SSSR count). The Morgan fingerprint density at radius 1 is 0.750 bits per heavy atom. The minimum Gasteiger partial charge on any atom is -0.372 e. The number of rotatable bonds is 5. The lowest BCUT2D eigenvalue weighted by Crippen LogP contribution is -2.29. The summed E-state index contributed by atoms with van der Waals surface area (Å²) >= 11 is 0. The zero-order valence-electron chi connectivity index (χ0n) is 18.0. The van der Waals surface area contributed by atoms with Gasteiger partial charge in [-0.3, -0.25) is 14.4 Å². The number of nitrogens with zero attached hydrogens (tertiary/aromatic N) is 3. The van der Waals surface area contributed by atoms with E-state index in [1.165, 1.54) is 38.1 Å². The Balaban J connectivity index is 0.000000207. The molecule has 4 N–H and O–H groups in total. The van der Waals surface area contributed by atoms with E-state index in [1.807, 2.05) is 12.1 Å². The van der Waals surface area contributed by atoms with Gasteiger partial charge in [-0.15, -0.1) is 0 Å². The van der Waals surface area contributed by atoms with E-state index >= 15 is 0 Å². The van der Waals surface area contributed by atoms with Crippen LogP contribution in [0.4, 0.5) is 5.69 Å². The van der Waals surface area contributed by atoms with Crippen molar-refractivity contribution in [3.63, 3.8) is 0 Å². The first-order chi connectivity index (χ1) is 15.3. The third-order valence-electron chi connectivity index (χ3n) is 5.28. The molecule has 1 aliphatic heterocycles. The minimum atomic E-state index is -0.481. The lowest BCUT2D eigenvalue weighted by molar-refractivity contribution is 0.0991. The van der Waals surface area contributed by atoms with Crippen molar-refractivity contribution in [2.45, 2.75) is 26.2 Å². The van der Waals surface area contributed by atoms with E-state index in [-0.39, 0.29) is 5.78 Å². The molecule has 3 aromatic rings. The summed E-state index contributed by atoms with van der Waals surface area (Å²) in [6.07, 6.45) is 7.00. The maximum Gasteiger partial charge on any atom is 0.251 e. The number of primary amides is 2. The monoisotopic (exact) mass is 433 g/mol. The first kappa shape index (κ1) is 22.7. The van der Waals surface area contributed by atoms with Crippen LogP contribution in [0.25, 0.3) is 5.69 Å². The predicted molar refractivity (Wildman–Crippen MR) is 123 cm³/mol. The molecule has 0 atom stereocenters. The molecule has 2 amide bonds. The molecule has 32 heavy (non-hydrogen) atoms. The lowest BCUT2D eigenvalue weighted by atomic mass is 10.1. The number of aromatic nitrogens is 2. The molecular weight excluding hydrogens is 406 g/mol. The number of ketones is 1. The number of amides is 2. The Kier molecular flexibility index (Phi) is 7.38. The summed E-state index contributed by atoms with van der Waals surface area (Å²) in [5, 5.41) is 4.15. The number of carbonyl (C=O) groups is 3. The van der Waals surface area contributed by atoms with Gasteiger partial charge in [0.05, 0.1) is 17.4 Å². The maximum absolute atomic E-state index is 11.1. The summed E-state index contributed by atoms with van der Waals surface area (Å²) in [6.45, 7) is 3.74. The van der Waals surface area contributed by atoms with Gasteiger partial charge in [-0.25, -0.2) is 4.68 Å². The molecule has 8 nitrogen and oxygen atoms in total. The van der Waals surface area contributed by atoms with Crippen molar-refractivity contribution >= 4 is 23.3 Å². The van der Waals surface area contributed by atoms with Crippen molar-refractivity contribution in [3.05, 3.63) is 77.6 Å². The number of hydrogen-bond acceptors (Lipinski definition) is 5. The van der Waals surface area contributed by atoms with E-state index in [9.17, 15) is 14.4 Å². The normalized spacial score (nSPS) is 13.1. The summed E-state index contributed by atoms with van der Waals surface area (Å²) in [5.41, 5.74) is 13.8.